The van der Waals surface area contributed by atoms with Crippen molar-refractivity contribution in [1.82, 2.24) is 4.98 Å². The van der Waals surface area contributed by atoms with Crippen LogP contribution in [0.3, 0.4) is 0 Å². The number of hydrogen-bond donors (Lipinski definition) is 2. The summed E-state index contributed by atoms with van der Waals surface area (Å²) in [4.78, 5) is 4.22. The summed E-state index contributed by atoms with van der Waals surface area (Å²) in [6.07, 6.45) is 10.7. The molecule has 1 aromatic heterocycles. The zero-order valence-electron chi connectivity index (χ0n) is 11.6. The molecule has 1 saturated carbocycles. The molecule has 100 valence electrons. The van der Waals surface area contributed by atoms with Gasteiger partial charge in [-0.25, -0.2) is 0 Å². The van der Waals surface area contributed by atoms with E-state index in [-0.39, 0.29) is 0 Å². The van der Waals surface area contributed by atoms with Crippen molar-refractivity contribution < 1.29 is 0 Å². The largest absolute Gasteiger partial charge is 0.387 e. The number of rotatable bonds is 5. The molecule has 0 atom stereocenters. The van der Waals surface area contributed by atoms with Crippen molar-refractivity contribution in [1.29, 1.82) is 0 Å². The van der Waals surface area contributed by atoms with Gasteiger partial charge in [-0.3, -0.25) is 4.98 Å². The van der Waals surface area contributed by atoms with Gasteiger partial charge in [-0.15, -0.1) is 0 Å². The predicted molar refractivity (Wildman–Crippen MR) is 78.0 cm³/mol. The Balaban J connectivity index is 1.77. The minimum Gasteiger partial charge on any atom is -0.387 e. The van der Waals surface area contributed by atoms with Crippen LogP contribution in [0.25, 0.3) is 0 Å². The molecule has 1 heterocycles. The normalized spacial score (nSPS) is 23.7. The van der Waals surface area contributed by atoms with Gasteiger partial charge >= 0.3 is 0 Å². The minimum absolute atomic E-state index is 0.839. The van der Waals surface area contributed by atoms with Crippen LogP contribution in [0.5, 0.6) is 0 Å². The first-order chi connectivity index (χ1) is 8.81. The van der Waals surface area contributed by atoms with Crippen molar-refractivity contribution in [3.05, 3.63) is 18.5 Å². The molecule has 1 aliphatic rings. The first kappa shape index (κ1) is 13.2. The maximum absolute atomic E-state index is 4.22. The molecule has 0 aromatic carbocycles. The number of aromatic nitrogens is 1. The van der Waals surface area contributed by atoms with Crippen LogP contribution in [0, 0.1) is 11.8 Å². The lowest BCUT2D eigenvalue weighted by Gasteiger charge is -2.28. The van der Waals surface area contributed by atoms with Crippen molar-refractivity contribution in [2.75, 3.05) is 24.2 Å². The molecule has 0 amide bonds. The van der Waals surface area contributed by atoms with Gasteiger partial charge in [0.15, 0.2) is 0 Å². The molecular weight excluding hydrogens is 222 g/mol. The third kappa shape index (κ3) is 3.62. The molecule has 2 rings (SSSR count). The first-order valence-corrected chi connectivity index (χ1v) is 7.18. The third-order valence-electron chi connectivity index (χ3n) is 4.17. The van der Waals surface area contributed by atoms with E-state index in [0.717, 1.165) is 29.8 Å². The number of nitrogens with one attached hydrogen (secondary N) is 2. The van der Waals surface area contributed by atoms with Gasteiger partial charge in [0.1, 0.15) is 0 Å². The lowest BCUT2D eigenvalue weighted by atomic mass is 9.81. The zero-order chi connectivity index (χ0) is 12.8. The maximum atomic E-state index is 4.22. The van der Waals surface area contributed by atoms with Crippen molar-refractivity contribution >= 4 is 11.4 Å². The first-order valence-electron chi connectivity index (χ1n) is 7.18. The highest BCUT2D eigenvalue weighted by atomic mass is 14.9. The van der Waals surface area contributed by atoms with Gasteiger partial charge in [0.25, 0.3) is 0 Å². The summed E-state index contributed by atoms with van der Waals surface area (Å²) in [6, 6.07) is 2.12. The molecule has 0 radical (unpaired) electrons. The van der Waals surface area contributed by atoms with E-state index >= 15 is 0 Å². The highest BCUT2D eigenvalue weighted by Crippen LogP contribution is 2.30. The van der Waals surface area contributed by atoms with Crippen LogP contribution in [0.2, 0.25) is 0 Å². The van der Waals surface area contributed by atoms with Gasteiger partial charge in [0, 0.05) is 13.6 Å². The Morgan fingerprint density at radius 1 is 1.11 bits per heavy atom. The van der Waals surface area contributed by atoms with Crippen LogP contribution in [0.4, 0.5) is 11.4 Å². The molecule has 1 fully saturated rings. The Morgan fingerprint density at radius 3 is 2.44 bits per heavy atom. The van der Waals surface area contributed by atoms with Crippen molar-refractivity contribution in [3.8, 4) is 0 Å². The molecule has 0 saturated heterocycles. The van der Waals surface area contributed by atoms with E-state index in [4.69, 9.17) is 0 Å². The quantitative estimate of drug-likeness (QED) is 0.832. The Hall–Kier alpha value is -1.25. The molecule has 0 bridgehead atoms. The fourth-order valence-corrected chi connectivity index (χ4v) is 2.78. The summed E-state index contributed by atoms with van der Waals surface area (Å²) in [5, 5.41) is 6.64. The Kier molecular flexibility index (Phi) is 4.85. The molecule has 3 heteroatoms. The van der Waals surface area contributed by atoms with Gasteiger partial charge in [-0.2, -0.15) is 0 Å². The molecule has 3 nitrogen and oxygen atoms in total. The third-order valence-corrected chi connectivity index (χ3v) is 4.17. The highest BCUT2D eigenvalue weighted by molar-refractivity contribution is 5.53. The summed E-state index contributed by atoms with van der Waals surface area (Å²) in [7, 11) is 1.92. The molecular formula is C15H25N3. The van der Waals surface area contributed by atoms with Gasteiger partial charge in [0.05, 0.1) is 23.8 Å². The number of pyridine rings is 1. The van der Waals surface area contributed by atoms with Crippen molar-refractivity contribution in [2.45, 2.75) is 39.0 Å². The van der Waals surface area contributed by atoms with E-state index in [0.29, 0.717) is 0 Å². The second kappa shape index (κ2) is 6.62. The molecule has 1 aliphatic carbocycles. The lowest BCUT2D eigenvalue weighted by molar-refractivity contribution is 0.278. The second-order valence-electron chi connectivity index (χ2n) is 5.39. The summed E-state index contributed by atoms with van der Waals surface area (Å²) in [6.45, 7) is 3.41. The zero-order valence-corrected chi connectivity index (χ0v) is 11.6. The summed E-state index contributed by atoms with van der Waals surface area (Å²) in [5.74, 6) is 1.82. The molecule has 18 heavy (non-hydrogen) atoms. The van der Waals surface area contributed by atoms with Crippen molar-refractivity contribution in [3.63, 3.8) is 0 Å². The Labute approximate surface area is 110 Å². The van der Waals surface area contributed by atoms with Gasteiger partial charge < -0.3 is 10.6 Å². The molecule has 1 aromatic rings. The summed E-state index contributed by atoms with van der Waals surface area (Å²) < 4.78 is 0. The predicted octanol–water partition coefficient (Wildman–Crippen LogP) is 3.75. The second-order valence-corrected chi connectivity index (χ2v) is 5.39. The fourth-order valence-electron chi connectivity index (χ4n) is 2.78. The molecule has 0 spiro atoms. The van der Waals surface area contributed by atoms with Crippen LogP contribution < -0.4 is 10.6 Å². The summed E-state index contributed by atoms with van der Waals surface area (Å²) >= 11 is 0. The van der Waals surface area contributed by atoms with E-state index in [9.17, 15) is 0 Å². The van der Waals surface area contributed by atoms with E-state index in [2.05, 4.69) is 28.6 Å². The van der Waals surface area contributed by atoms with Crippen LogP contribution in [-0.4, -0.2) is 18.6 Å². The molecule has 2 N–H and O–H groups in total. The SMILES string of the molecule is CCC1CCC(CNc2cncc(NC)c2)CC1. The molecule has 0 unspecified atom stereocenters. The standard InChI is InChI=1S/C15H25N3/c1-3-12-4-6-13(7-5-12)9-18-15-8-14(16-2)10-17-11-15/h8,10-13,16,18H,3-7,9H2,1-2H3. The monoisotopic (exact) mass is 247 g/mol. The van der Waals surface area contributed by atoms with Crippen molar-refractivity contribution in [2.24, 2.45) is 11.8 Å². The number of nitrogens with zero attached hydrogens (tertiary/aromatic N) is 1. The van der Waals surface area contributed by atoms with E-state index in [1.54, 1.807) is 0 Å². The average Bonchev–Trinajstić information content (AvgIpc) is 2.46. The Morgan fingerprint density at radius 2 is 1.78 bits per heavy atom. The van der Waals surface area contributed by atoms with Gasteiger partial charge in [0.2, 0.25) is 0 Å². The average molecular weight is 247 g/mol. The van der Waals surface area contributed by atoms with Crippen LogP contribution in [-0.2, 0) is 0 Å². The van der Waals surface area contributed by atoms with E-state index in [1.807, 2.05) is 19.4 Å². The fraction of sp³-hybridized carbons (Fsp3) is 0.667. The van der Waals surface area contributed by atoms with Crippen LogP contribution in [0.1, 0.15) is 39.0 Å². The smallest absolute Gasteiger partial charge is 0.0547 e. The molecule has 0 aliphatic heterocycles. The summed E-state index contributed by atoms with van der Waals surface area (Å²) in [5.41, 5.74) is 2.19. The van der Waals surface area contributed by atoms with E-state index < -0.39 is 0 Å². The highest BCUT2D eigenvalue weighted by Gasteiger charge is 2.19. The lowest BCUT2D eigenvalue weighted by Crippen LogP contribution is -2.21. The topological polar surface area (TPSA) is 37.0 Å². The Bertz CT molecular complexity index is 357. The number of hydrogen-bond acceptors (Lipinski definition) is 3. The van der Waals surface area contributed by atoms with Gasteiger partial charge in [-0.1, -0.05) is 26.2 Å². The van der Waals surface area contributed by atoms with Gasteiger partial charge in [-0.05, 0) is 30.7 Å². The van der Waals surface area contributed by atoms with Crippen LogP contribution in [0.15, 0.2) is 18.5 Å². The maximum Gasteiger partial charge on any atom is 0.0547 e. The van der Waals surface area contributed by atoms with E-state index in [1.165, 1.54) is 32.1 Å². The number of anilines is 2. The minimum atomic E-state index is 0.839. The van der Waals surface area contributed by atoms with Crippen LogP contribution >= 0.6 is 0 Å².